The normalized spacial score (nSPS) is 16.3. The maximum absolute atomic E-state index is 12.6. The number of Topliss-reactive ketones (excluding diaryl/α,β-unsaturated/α-hetero) is 1. The van der Waals surface area contributed by atoms with Crippen LogP contribution in [0, 0.1) is 6.92 Å². The van der Waals surface area contributed by atoms with Crippen LogP contribution in [0.2, 0.25) is 0 Å². The Morgan fingerprint density at radius 3 is 2.38 bits per heavy atom. The average Bonchev–Trinajstić information content (AvgIpc) is 2.76. The zero-order valence-electron chi connectivity index (χ0n) is 18.8. The van der Waals surface area contributed by atoms with E-state index in [1.165, 1.54) is 18.1 Å². The zero-order chi connectivity index (χ0) is 24.1. The number of ketones is 1. The molecule has 3 rings (SSSR count). The third kappa shape index (κ3) is 7.03. The number of hydrogen-bond acceptors (Lipinski definition) is 4. The van der Waals surface area contributed by atoms with Crippen molar-refractivity contribution < 1.29 is 24.3 Å². The van der Waals surface area contributed by atoms with Crippen molar-refractivity contribution in [1.29, 1.82) is 0 Å². The number of carboxylic acids is 1. The first-order chi connectivity index (χ1) is 15.6. The molecular formula is C25H28N3NaO5. The monoisotopic (exact) mass is 473 g/mol. The fourth-order valence-electron chi connectivity index (χ4n) is 3.71. The van der Waals surface area contributed by atoms with Crippen molar-refractivity contribution in [2.75, 3.05) is 7.05 Å². The molecule has 0 aromatic heterocycles. The molecule has 8 nitrogen and oxygen atoms in total. The fraction of sp³-hybridized carbons (Fsp3) is 0.280. The van der Waals surface area contributed by atoms with Gasteiger partial charge in [0, 0.05) is 18.8 Å². The molecule has 1 heterocycles. The summed E-state index contributed by atoms with van der Waals surface area (Å²) in [6, 6.07) is 12.5. The Hall–Kier alpha value is -2.94. The quantitative estimate of drug-likeness (QED) is 0.421. The summed E-state index contributed by atoms with van der Waals surface area (Å²) in [5, 5.41) is 14.4. The Labute approximate surface area is 220 Å². The number of benzene rings is 2. The Balaban J connectivity index is 0.00000408. The first kappa shape index (κ1) is 27.3. The van der Waals surface area contributed by atoms with Crippen molar-refractivity contribution in [3.63, 3.8) is 0 Å². The minimum absolute atomic E-state index is 0. The summed E-state index contributed by atoms with van der Waals surface area (Å²) in [7, 11) is 1.50. The number of carbonyl (C=O) groups is 4. The molecule has 1 aliphatic rings. The number of urea groups is 1. The summed E-state index contributed by atoms with van der Waals surface area (Å²) in [6.45, 7) is 3.58. The van der Waals surface area contributed by atoms with Gasteiger partial charge in [-0.05, 0) is 37.0 Å². The summed E-state index contributed by atoms with van der Waals surface area (Å²) in [5.41, 5.74) is 4.20. The molecular weight excluding hydrogens is 445 g/mol. The maximum atomic E-state index is 12.6. The number of carboxylic acid groups (broad SMARTS) is 1. The van der Waals surface area contributed by atoms with E-state index in [1.807, 2.05) is 49.4 Å². The summed E-state index contributed by atoms with van der Waals surface area (Å²) in [6.07, 6.45) is 1.71. The number of hydrogen-bond donors (Lipinski definition) is 3. The van der Waals surface area contributed by atoms with Gasteiger partial charge >= 0.3 is 41.6 Å². The standard InChI is InChI=1S/C25H27N3O5.Na.H/c1-15-7-9-17(10-8-15)11-18-5-4-6-19(12-18)20(13-21(29)30)26-25(33)27-22-23(31)16(2)14-28(3)24(22)32;;/h4-10,12,14,20,22H,11,13H2,1-3H3,(H,29,30)(H2,26,27,33);;. The summed E-state index contributed by atoms with van der Waals surface area (Å²) in [5.74, 6) is -2.15. The van der Waals surface area contributed by atoms with Crippen LogP contribution in [0.5, 0.6) is 0 Å². The molecule has 0 aliphatic carbocycles. The molecule has 34 heavy (non-hydrogen) atoms. The first-order valence-corrected chi connectivity index (χ1v) is 10.6. The second kappa shape index (κ2) is 12.0. The molecule has 0 saturated heterocycles. The molecule has 2 aromatic carbocycles. The molecule has 0 saturated carbocycles. The van der Waals surface area contributed by atoms with E-state index < -0.39 is 35.8 Å². The Morgan fingerprint density at radius 2 is 1.74 bits per heavy atom. The molecule has 0 spiro atoms. The summed E-state index contributed by atoms with van der Waals surface area (Å²) < 4.78 is 0. The topological polar surface area (TPSA) is 116 Å². The van der Waals surface area contributed by atoms with Gasteiger partial charge in [0.25, 0.3) is 5.91 Å². The second-order valence-electron chi connectivity index (χ2n) is 8.23. The van der Waals surface area contributed by atoms with E-state index in [-0.39, 0.29) is 36.0 Å². The van der Waals surface area contributed by atoms with Gasteiger partial charge in [0.2, 0.25) is 0 Å². The Kier molecular flexibility index (Phi) is 9.61. The van der Waals surface area contributed by atoms with Crippen molar-refractivity contribution in [1.82, 2.24) is 15.5 Å². The molecule has 0 bridgehead atoms. The van der Waals surface area contributed by atoms with Crippen molar-refractivity contribution >= 4 is 53.2 Å². The van der Waals surface area contributed by atoms with Crippen LogP contribution in [0.25, 0.3) is 0 Å². The second-order valence-corrected chi connectivity index (χ2v) is 8.23. The van der Waals surface area contributed by atoms with Crippen LogP contribution >= 0.6 is 0 Å². The van der Waals surface area contributed by atoms with Crippen molar-refractivity contribution in [3.8, 4) is 0 Å². The van der Waals surface area contributed by atoms with Gasteiger partial charge in [0.1, 0.15) is 0 Å². The summed E-state index contributed by atoms with van der Waals surface area (Å²) in [4.78, 5) is 50.0. The average molecular weight is 474 g/mol. The fourth-order valence-corrected chi connectivity index (χ4v) is 3.71. The zero-order valence-corrected chi connectivity index (χ0v) is 18.8. The molecule has 0 fully saturated rings. The van der Waals surface area contributed by atoms with Gasteiger partial charge in [-0.25, -0.2) is 4.79 Å². The van der Waals surface area contributed by atoms with Gasteiger partial charge in [-0.1, -0.05) is 54.1 Å². The molecule has 9 heteroatoms. The van der Waals surface area contributed by atoms with E-state index in [1.54, 1.807) is 13.0 Å². The van der Waals surface area contributed by atoms with Gasteiger partial charge in [-0.3, -0.25) is 14.4 Å². The third-order valence-electron chi connectivity index (χ3n) is 5.47. The van der Waals surface area contributed by atoms with Gasteiger partial charge in [0.05, 0.1) is 12.5 Å². The van der Waals surface area contributed by atoms with Crippen LogP contribution in [0.15, 0.2) is 60.3 Å². The number of rotatable bonds is 7. The van der Waals surface area contributed by atoms with Crippen LogP contribution < -0.4 is 10.6 Å². The number of aryl methyl sites for hydroxylation is 1. The van der Waals surface area contributed by atoms with Crippen LogP contribution in [0.3, 0.4) is 0 Å². The molecule has 0 radical (unpaired) electrons. The predicted molar refractivity (Wildman–Crippen MR) is 130 cm³/mol. The van der Waals surface area contributed by atoms with Crippen LogP contribution in [0.1, 0.15) is 41.6 Å². The van der Waals surface area contributed by atoms with Gasteiger partial charge in [0.15, 0.2) is 11.8 Å². The van der Waals surface area contributed by atoms with E-state index in [9.17, 15) is 24.3 Å². The van der Waals surface area contributed by atoms with Gasteiger partial charge < -0.3 is 20.6 Å². The molecule has 174 valence electrons. The van der Waals surface area contributed by atoms with Crippen molar-refractivity contribution in [2.24, 2.45) is 0 Å². The number of amides is 3. The molecule has 2 unspecified atom stereocenters. The van der Waals surface area contributed by atoms with Crippen LogP contribution in [-0.4, -0.2) is 76.3 Å². The first-order valence-electron chi connectivity index (χ1n) is 10.6. The number of carbonyl (C=O) groups excluding carboxylic acids is 3. The third-order valence-corrected chi connectivity index (χ3v) is 5.47. The van der Waals surface area contributed by atoms with E-state index in [4.69, 9.17) is 0 Å². The molecule has 3 amide bonds. The predicted octanol–water partition coefficient (Wildman–Crippen LogP) is 2.07. The van der Waals surface area contributed by atoms with E-state index >= 15 is 0 Å². The van der Waals surface area contributed by atoms with E-state index in [2.05, 4.69) is 10.6 Å². The van der Waals surface area contributed by atoms with E-state index in [0.717, 1.165) is 16.7 Å². The van der Waals surface area contributed by atoms with Gasteiger partial charge in [-0.2, -0.15) is 0 Å². The number of likely N-dealkylation sites (N-methyl/N-ethyl adjacent to an activating group) is 1. The number of nitrogens with one attached hydrogen (secondary N) is 2. The molecule has 3 N–H and O–H groups in total. The molecule has 1 aliphatic heterocycles. The molecule has 2 atom stereocenters. The van der Waals surface area contributed by atoms with E-state index in [0.29, 0.717) is 17.6 Å². The SMILES string of the molecule is CC1=CN(C)C(=O)C(NC(=O)NC(CC(=O)O)c2cccc(Cc3ccc(C)cc3)c2)C1=O.[NaH]. The van der Waals surface area contributed by atoms with Gasteiger partial charge in [-0.15, -0.1) is 0 Å². The van der Waals surface area contributed by atoms with Crippen molar-refractivity contribution in [3.05, 3.63) is 82.6 Å². The van der Waals surface area contributed by atoms with Crippen molar-refractivity contribution in [2.45, 2.75) is 38.8 Å². The summed E-state index contributed by atoms with van der Waals surface area (Å²) >= 11 is 0. The minimum atomic E-state index is -1.35. The Morgan fingerprint density at radius 1 is 1.06 bits per heavy atom. The number of aliphatic carboxylic acids is 1. The van der Waals surface area contributed by atoms with Crippen LogP contribution in [0.4, 0.5) is 4.79 Å². The van der Waals surface area contributed by atoms with Crippen LogP contribution in [-0.2, 0) is 20.8 Å². The molecule has 2 aromatic rings. The Bertz CT molecular complexity index is 1110. The number of nitrogens with zero attached hydrogens (tertiary/aromatic N) is 1.